The summed E-state index contributed by atoms with van der Waals surface area (Å²) in [6.45, 7) is 4.34. The lowest BCUT2D eigenvalue weighted by Crippen LogP contribution is -2.38. The molecule has 1 saturated heterocycles. The largest absolute Gasteiger partial charge is 0.478 e. The highest BCUT2D eigenvalue weighted by molar-refractivity contribution is 7.92. The number of hydrogen-bond acceptors (Lipinski definition) is 9. The zero-order valence-corrected chi connectivity index (χ0v) is 20.6. The van der Waals surface area contributed by atoms with Gasteiger partial charge in [-0.15, -0.1) is 0 Å². The first-order valence-electron chi connectivity index (χ1n) is 10.9. The zero-order chi connectivity index (χ0) is 26.3. The Morgan fingerprint density at radius 1 is 1.11 bits per heavy atom. The van der Waals surface area contributed by atoms with Gasteiger partial charge in [-0.1, -0.05) is 23.4 Å². The Bertz CT molecular complexity index is 1250. The van der Waals surface area contributed by atoms with Crippen molar-refractivity contribution in [3.8, 4) is 0 Å². The summed E-state index contributed by atoms with van der Waals surface area (Å²) in [6.07, 6.45) is 2.78. The first-order chi connectivity index (χ1) is 17.1. The van der Waals surface area contributed by atoms with E-state index in [0.717, 1.165) is 32.8 Å². The number of sulfonamides is 1. The van der Waals surface area contributed by atoms with E-state index in [9.17, 15) is 18.0 Å². The molecule has 13 nitrogen and oxygen atoms in total. The molecule has 1 aromatic carbocycles. The van der Waals surface area contributed by atoms with Gasteiger partial charge in [-0.2, -0.15) is 13.5 Å². The highest BCUT2D eigenvalue weighted by atomic mass is 32.2. The van der Waals surface area contributed by atoms with Crippen LogP contribution in [0.1, 0.15) is 11.1 Å². The number of aliphatic carboxylic acids is 2. The lowest BCUT2D eigenvalue weighted by molar-refractivity contribution is -0.134. The fourth-order valence-corrected chi connectivity index (χ4v) is 4.86. The van der Waals surface area contributed by atoms with Crippen molar-refractivity contribution in [1.82, 2.24) is 14.7 Å². The number of hydrogen-bond donors (Lipinski definition) is 2. The second-order valence-electron chi connectivity index (χ2n) is 7.75. The first-order valence-corrected chi connectivity index (χ1v) is 12.3. The number of aromatic nitrogens is 2. The van der Waals surface area contributed by atoms with Crippen LogP contribution in [0.25, 0.3) is 0 Å². The van der Waals surface area contributed by atoms with E-state index in [1.54, 1.807) is 25.4 Å². The van der Waals surface area contributed by atoms with Gasteiger partial charge in [0.1, 0.15) is 12.3 Å². The van der Waals surface area contributed by atoms with Crippen LogP contribution in [-0.4, -0.2) is 97.5 Å². The molecule has 2 aliphatic rings. The number of para-hydroxylation sites is 1. The van der Waals surface area contributed by atoms with Gasteiger partial charge in [0.2, 0.25) is 5.03 Å². The third kappa shape index (κ3) is 6.47. The van der Waals surface area contributed by atoms with E-state index in [1.165, 1.54) is 16.0 Å². The van der Waals surface area contributed by atoms with E-state index >= 15 is 0 Å². The lowest BCUT2D eigenvalue weighted by Gasteiger charge is -2.25. The fraction of sp³-hybridized carbons (Fsp3) is 0.364. The van der Waals surface area contributed by atoms with Gasteiger partial charge in [0.15, 0.2) is 0 Å². The van der Waals surface area contributed by atoms with E-state index in [0.29, 0.717) is 41.3 Å². The molecule has 3 heterocycles. The van der Waals surface area contributed by atoms with Gasteiger partial charge in [-0.05, 0) is 6.07 Å². The van der Waals surface area contributed by atoms with E-state index in [1.807, 2.05) is 12.1 Å². The van der Waals surface area contributed by atoms with E-state index in [2.05, 4.69) is 15.2 Å². The Balaban J connectivity index is 0.000000392. The number of nitrogens with zero attached hydrogens (tertiary/aromatic N) is 5. The lowest BCUT2D eigenvalue weighted by atomic mass is 10.0. The van der Waals surface area contributed by atoms with Crippen molar-refractivity contribution in [3.05, 3.63) is 53.7 Å². The van der Waals surface area contributed by atoms with Gasteiger partial charge in [0.25, 0.3) is 10.0 Å². The number of carbonyl (C=O) groups is 2. The maximum Gasteiger partial charge on any atom is 0.328 e. The van der Waals surface area contributed by atoms with Crippen LogP contribution in [0.5, 0.6) is 0 Å². The van der Waals surface area contributed by atoms with Crippen LogP contribution in [0, 0.1) is 0 Å². The van der Waals surface area contributed by atoms with E-state index < -0.39 is 22.0 Å². The molecule has 2 N–H and O–H groups in total. The van der Waals surface area contributed by atoms with Gasteiger partial charge >= 0.3 is 11.9 Å². The number of carboxylic acids is 2. The summed E-state index contributed by atoms with van der Waals surface area (Å²) in [6, 6.07) is 7.24. The number of rotatable bonds is 6. The zero-order valence-electron chi connectivity index (χ0n) is 19.8. The Hall–Kier alpha value is -3.75. The van der Waals surface area contributed by atoms with Gasteiger partial charge in [0, 0.05) is 57.6 Å². The molecule has 0 saturated carbocycles. The molecule has 4 rings (SSSR count). The molecule has 0 atom stereocenters. The van der Waals surface area contributed by atoms with Crippen molar-refractivity contribution in [1.29, 1.82) is 0 Å². The summed E-state index contributed by atoms with van der Waals surface area (Å²) in [5.74, 6) is -2.51. The molecule has 14 heteroatoms. The van der Waals surface area contributed by atoms with Crippen LogP contribution in [-0.2, 0) is 36.2 Å². The minimum absolute atomic E-state index is 0.0239. The van der Waals surface area contributed by atoms with Crippen molar-refractivity contribution in [2.24, 2.45) is 12.2 Å². The van der Waals surface area contributed by atoms with Crippen LogP contribution < -0.4 is 4.31 Å². The second kappa shape index (κ2) is 11.8. The molecule has 0 amide bonds. The van der Waals surface area contributed by atoms with Gasteiger partial charge in [-0.25, -0.2) is 9.59 Å². The number of morpholine rings is 1. The number of aryl methyl sites for hydroxylation is 1. The average Bonchev–Trinajstić information content (AvgIpc) is 3.23. The summed E-state index contributed by atoms with van der Waals surface area (Å²) in [5.41, 5.74) is 2.13. The Morgan fingerprint density at radius 2 is 1.75 bits per heavy atom. The standard InChI is InChI=1S/C18H23N5O4S.C4H4O4/c1-21-13-15-17(20-27-12-9-23-7-10-26-11-8-23)14-5-3-4-6-16(14)22(2)28(24,25)18(15)19-21;5-3(6)1-2-4(7)8/h3-6,13H,7-12H2,1-2H3;1-2H,(H,5,6)(H,7,8)/b20-17+;2-1+. The molecule has 0 spiro atoms. The van der Waals surface area contributed by atoms with Crippen molar-refractivity contribution in [2.75, 3.05) is 50.8 Å². The minimum Gasteiger partial charge on any atom is -0.478 e. The normalized spacial score (nSPS) is 18.1. The molecule has 36 heavy (non-hydrogen) atoms. The molecule has 2 aliphatic heterocycles. The van der Waals surface area contributed by atoms with Crippen molar-refractivity contribution in [2.45, 2.75) is 5.03 Å². The van der Waals surface area contributed by atoms with Crippen molar-refractivity contribution >= 4 is 33.4 Å². The number of oxime groups is 1. The highest BCUT2D eigenvalue weighted by Gasteiger charge is 2.36. The quantitative estimate of drug-likeness (QED) is 0.308. The van der Waals surface area contributed by atoms with Crippen LogP contribution in [0.4, 0.5) is 5.69 Å². The number of anilines is 1. The van der Waals surface area contributed by atoms with E-state index in [-0.39, 0.29) is 5.03 Å². The summed E-state index contributed by atoms with van der Waals surface area (Å²) in [4.78, 5) is 27.0. The average molecular weight is 522 g/mol. The third-order valence-corrected chi connectivity index (χ3v) is 6.99. The monoisotopic (exact) mass is 521 g/mol. The van der Waals surface area contributed by atoms with Gasteiger partial charge < -0.3 is 19.8 Å². The molecule has 0 aliphatic carbocycles. The molecule has 1 fully saturated rings. The maximum absolute atomic E-state index is 13.0. The molecule has 1 aromatic heterocycles. The summed E-state index contributed by atoms with van der Waals surface area (Å²) < 4.78 is 34.1. The Morgan fingerprint density at radius 3 is 2.39 bits per heavy atom. The molecular formula is C22H27N5O8S. The van der Waals surface area contributed by atoms with Gasteiger partial charge in [0.05, 0.1) is 24.5 Å². The molecule has 2 aromatic rings. The summed E-state index contributed by atoms with van der Waals surface area (Å²) >= 11 is 0. The predicted octanol–water partition coefficient (Wildman–Crippen LogP) is 0.372. The SMILES string of the molecule is CN1c2ccccc2/C(=N\OCCN2CCOCC2)c2cn(C)nc2S1(=O)=O.O=C(O)/C=C/C(=O)O. The van der Waals surface area contributed by atoms with Crippen LogP contribution in [0.3, 0.4) is 0 Å². The molecule has 0 unspecified atom stereocenters. The fourth-order valence-electron chi connectivity index (χ4n) is 3.52. The number of benzene rings is 1. The first kappa shape index (κ1) is 26.8. The molecule has 0 radical (unpaired) electrons. The number of carboxylic acid groups (broad SMARTS) is 2. The highest BCUT2D eigenvalue weighted by Crippen LogP contribution is 2.33. The number of ether oxygens (including phenoxy) is 1. The minimum atomic E-state index is -3.79. The van der Waals surface area contributed by atoms with Crippen molar-refractivity contribution in [3.63, 3.8) is 0 Å². The Labute approximate surface area is 207 Å². The molecule has 0 bridgehead atoms. The maximum atomic E-state index is 13.0. The van der Waals surface area contributed by atoms with Crippen molar-refractivity contribution < 1.29 is 37.8 Å². The summed E-state index contributed by atoms with van der Waals surface area (Å²) in [7, 11) is -0.577. The van der Waals surface area contributed by atoms with Crippen LogP contribution >= 0.6 is 0 Å². The van der Waals surface area contributed by atoms with E-state index in [4.69, 9.17) is 19.8 Å². The smallest absolute Gasteiger partial charge is 0.328 e. The Kier molecular flexibility index (Phi) is 8.79. The summed E-state index contributed by atoms with van der Waals surface area (Å²) in [5, 5.41) is 24.1. The van der Waals surface area contributed by atoms with Crippen LogP contribution in [0.15, 0.2) is 52.8 Å². The number of fused-ring (bicyclic) bond motifs is 2. The van der Waals surface area contributed by atoms with Crippen LogP contribution in [0.2, 0.25) is 0 Å². The third-order valence-electron chi connectivity index (χ3n) is 5.28. The molecular weight excluding hydrogens is 494 g/mol. The molecule has 194 valence electrons. The topological polar surface area (TPSA) is 164 Å². The second-order valence-corrected chi connectivity index (χ2v) is 9.63. The predicted molar refractivity (Wildman–Crippen MR) is 129 cm³/mol. The van der Waals surface area contributed by atoms with Gasteiger partial charge in [-0.3, -0.25) is 13.9 Å².